The Hall–Kier alpha value is -2.95. The number of aliphatic imine (C=N–C) groups is 1. The summed E-state index contributed by atoms with van der Waals surface area (Å²) in [6.07, 6.45) is 3.78. The first-order valence-electron chi connectivity index (χ1n) is 7.71. The molecule has 1 aliphatic carbocycles. The zero-order valence-corrected chi connectivity index (χ0v) is 13.3. The molecule has 0 radical (unpaired) electrons. The summed E-state index contributed by atoms with van der Waals surface area (Å²) in [5.74, 6) is 0.497. The summed E-state index contributed by atoms with van der Waals surface area (Å²) in [6.45, 7) is 0. The van der Waals surface area contributed by atoms with Gasteiger partial charge >= 0.3 is 0 Å². The van der Waals surface area contributed by atoms with E-state index in [1.807, 2.05) is 30.3 Å². The number of allylic oxidation sites excluding steroid dienone is 2. The van der Waals surface area contributed by atoms with Crippen molar-refractivity contribution in [2.24, 2.45) is 4.99 Å². The van der Waals surface area contributed by atoms with Crippen molar-refractivity contribution in [3.63, 3.8) is 0 Å². The summed E-state index contributed by atoms with van der Waals surface area (Å²) in [4.78, 5) is 20.6. The molecule has 1 atom stereocenters. The third-order valence-electron chi connectivity index (χ3n) is 4.03. The molecule has 1 aliphatic rings. The van der Waals surface area contributed by atoms with Crippen LogP contribution in [0.25, 0.3) is 0 Å². The van der Waals surface area contributed by atoms with Crippen molar-refractivity contribution in [3.05, 3.63) is 65.6 Å². The van der Waals surface area contributed by atoms with Gasteiger partial charge in [-0.15, -0.1) is 0 Å². The monoisotopic (exact) mass is 322 g/mol. The number of nitrogens with zero attached hydrogens (tertiary/aromatic N) is 2. The number of Topliss-reactive ketones (excluding diaryl/α,β-unsaturated/α-hetero) is 1. The minimum atomic E-state index is -0.0992. The molecule has 1 heterocycles. The first kappa shape index (κ1) is 15.9. The number of rotatable bonds is 4. The lowest BCUT2D eigenvalue weighted by molar-refractivity contribution is -0.116. The van der Waals surface area contributed by atoms with Gasteiger partial charge in [-0.05, 0) is 17.5 Å². The van der Waals surface area contributed by atoms with Gasteiger partial charge in [0.05, 0.1) is 24.6 Å². The second-order valence-corrected chi connectivity index (χ2v) is 5.62. The number of aromatic nitrogens is 1. The third kappa shape index (κ3) is 3.51. The number of aliphatic hydroxyl groups is 1. The zero-order valence-electron chi connectivity index (χ0n) is 13.3. The quantitative estimate of drug-likeness (QED) is 0.870. The molecule has 5 nitrogen and oxygen atoms in total. The van der Waals surface area contributed by atoms with E-state index in [0.29, 0.717) is 24.4 Å². The Labute approximate surface area is 140 Å². The Kier molecular flexibility index (Phi) is 4.70. The number of hydrogen-bond donors (Lipinski definition) is 1. The Morgan fingerprint density at radius 2 is 2.00 bits per heavy atom. The highest BCUT2D eigenvalue weighted by Gasteiger charge is 2.27. The molecule has 0 spiro atoms. The van der Waals surface area contributed by atoms with Gasteiger partial charge in [0, 0.05) is 25.1 Å². The second kappa shape index (κ2) is 7.08. The summed E-state index contributed by atoms with van der Waals surface area (Å²) in [7, 11) is 1.54. The van der Waals surface area contributed by atoms with Crippen LogP contribution in [0.3, 0.4) is 0 Å². The van der Waals surface area contributed by atoms with E-state index in [1.54, 1.807) is 18.3 Å². The number of carbonyl (C=O) groups is 1. The topological polar surface area (TPSA) is 71.8 Å². The van der Waals surface area contributed by atoms with Crippen molar-refractivity contribution in [1.29, 1.82) is 0 Å². The van der Waals surface area contributed by atoms with Gasteiger partial charge in [-0.2, -0.15) is 0 Å². The number of methoxy groups -OCH3 is 1. The first-order chi connectivity index (χ1) is 11.7. The molecule has 1 aromatic heterocycles. The first-order valence-corrected chi connectivity index (χ1v) is 7.71. The van der Waals surface area contributed by atoms with Gasteiger partial charge in [0.15, 0.2) is 5.78 Å². The van der Waals surface area contributed by atoms with E-state index in [1.165, 1.54) is 13.3 Å². The van der Waals surface area contributed by atoms with Gasteiger partial charge in [-0.3, -0.25) is 9.79 Å². The Bertz CT molecular complexity index is 780. The van der Waals surface area contributed by atoms with Crippen LogP contribution in [0.1, 0.15) is 24.3 Å². The van der Waals surface area contributed by atoms with Gasteiger partial charge in [0.25, 0.3) is 0 Å². The van der Waals surface area contributed by atoms with Crippen molar-refractivity contribution in [3.8, 4) is 5.88 Å². The molecule has 3 rings (SSSR count). The number of aliphatic hydroxyl groups excluding tert-OH is 1. The van der Waals surface area contributed by atoms with Crippen molar-refractivity contribution in [2.75, 3.05) is 7.11 Å². The fraction of sp³-hybridized carbons (Fsp3) is 0.211. The van der Waals surface area contributed by atoms with Crippen LogP contribution in [0.5, 0.6) is 5.88 Å². The maximum atomic E-state index is 12.4. The molecule has 0 amide bonds. The molecule has 2 aromatic rings. The second-order valence-electron chi connectivity index (χ2n) is 5.62. The van der Waals surface area contributed by atoms with E-state index in [0.717, 1.165) is 5.56 Å². The van der Waals surface area contributed by atoms with Crippen molar-refractivity contribution in [2.45, 2.75) is 18.8 Å². The van der Waals surface area contributed by atoms with Crippen LogP contribution in [0.15, 0.2) is 65.0 Å². The van der Waals surface area contributed by atoms with E-state index >= 15 is 0 Å². The van der Waals surface area contributed by atoms with Gasteiger partial charge in [0.1, 0.15) is 5.76 Å². The molecule has 1 unspecified atom stereocenters. The SMILES string of the molecule is COc1ccc(N=CC2=C(O)CC(c3ccccc3)CC2=O)cn1. The van der Waals surface area contributed by atoms with Crippen LogP contribution in [0, 0.1) is 0 Å². The Morgan fingerprint density at radius 3 is 2.62 bits per heavy atom. The highest BCUT2D eigenvalue weighted by molar-refractivity contribution is 6.15. The smallest absolute Gasteiger partial charge is 0.213 e. The molecule has 0 aliphatic heterocycles. The Balaban J connectivity index is 1.77. The van der Waals surface area contributed by atoms with Gasteiger partial charge in [0.2, 0.25) is 5.88 Å². The zero-order chi connectivity index (χ0) is 16.9. The van der Waals surface area contributed by atoms with Crippen molar-refractivity contribution >= 4 is 17.7 Å². The van der Waals surface area contributed by atoms with Crippen LogP contribution in [0.4, 0.5) is 5.69 Å². The molecule has 1 N–H and O–H groups in total. The van der Waals surface area contributed by atoms with Gasteiger partial charge in [-0.1, -0.05) is 30.3 Å². The maximum absolute atomic E-state index is 12.4. The molecule has 0 saturated carbocycles. The fourth-order valence-corrected chi connectivity index (χ4v) is 2.73. The average Bonchev–Trinajstić information content (AvgIpc) is 2.62. The number of carbonyl (C=O) groups excluding carboxylic acids is 1. The summed E-state index contributed by atoms with van der Waals surface area (Å²) in [6, 6.07) is 13.2. The van der Waals surface area contributed by atoms with Crippen LogP contribution >= 0.6 is 0 Å². The highest BCUT2D eigenvalue weighted by Crippen LogP contribution is 2.33. The molecule has 1 aromatic carbocycles. The van der Waals surface area contributed by atoms with Crippen LogP contribution in [-0.2, 0) is 4.79 Å². The predicted octanol–water partition coefficient (Wildman–Crippen LogP) is 3.75. The summed E-state index contributed by atoms with van der Waals surface area (Å²) in [5.41, 5.74) is 1.93. The summed E-state index contributed by atoms with van der Waals surface area (Å²) in [5, 5.41) is 10.3. The maximum Gasteiger partial charge on any atom is 0.213 e. The van der Waals surface area contributed by atoms with Crippen molar-refractivity contribution in [1.82, 2.24) is 4.98 Å². The average molecular weight is 322 g/mol. The largest absolute Gasteiger partial charge is 0.511 e. The summed E-state index contributed by atoms with van der Waals surface area (Å²) >= 11 is 0. The fourth-order valence-electron chi connectivity index (χ4n) is 2.73. The molecule has 0 fully saturated rings. The van der Waals surface area contributed by atoms with E-state index in [9.17, 15) is 9.90 Å². The summed E-state index contributed by atoms with van der Waals surface area (Å²) < 4.78 is 4.99. The number of pyridine rings is 1. The minimum absolute atomic E-state index is 0.0125. The molecule has 122 valence electrons. The van der Waals surface area contributed by atoms with Gasteiger partial charge < -0.3 is 9.84 Å². The lowest BCUT2D eigenvalue weighted by Gasteiger charge is -2.22. The highest BCUT2D eigenvalue weighted by atomic mass is 16.5. The number of hydrogen-bond acceptors (Lipinski definition) is 5. The van der Waals surface area contributed by atoms with Crippen LogP contribution < -0.4 is 4.74 Å². The predicted molar refractivity (Wildman–Crippen MR) is 92.0 cm³/mol. The van der Waals surface area contributed by atoms with E-state index in [-0.39, 0.29) is 23.0 Å². The standard InChI is InChI=1S/C19H18N2O3/c1-24-19-8-7-15(11-21-19)20-12-16-17(22)9-14(10-18(16)23)13-5-3-2-4-6-13/h2-8,11-12,14,22H,9-10H2,1H3. The molecule has 5 heteroatoms. The van der Waals surface area contributed by atoms with Crippen molar-refractivity contribution < 1.29 is 14.6 Å². The lowest BCUT2D eigenvalue weighted by atomic mass is 9.83. The molecule has 24 heavy (non-hydrogen) atoms. The molecular formula is C19H18N2O3. The number of ether oxygens (including phenoxy) is 1. The number of benzene rings is 1. The van der Waals surface area contributed by atoms with E-state index in [2.05, 4.69) is 9.98 Å². The minimum Gasteiger partial charge on any atom is -0.511 e. The third-order valence-corrected chi connectivity index (χ3v) is 4.03. The lowest BCUT2D eigenvalue weighted by Crippen LogP contribution is -2.19. The molecular weight excluding hydrogens is 304 g/mol. The van der Waals surface area contributed by atoms with E-state index in [4.69, 9.17) is 4.74 Å². The molecule has 0 saturated heterocycles. The van der Waals surface area contributed by atoms with E-state index < -0.39 is 0 Å². The Morgan fingerprint density at radius 1 is 1.21 bits per heavy atom. The van der Waals surface area contributed by atoms with Crippen LogP contribution in [0.2, 0.25) is 0 Å². The molecule has 0 bridgehead atoms. The normalized spacial score (nSPS) is 18.2. The van der Waals surface area contributed by atoms with Crippen LogP contribution in [-0.4, -0.2) is 29.2 Å². The number of ketones is 1. The van der Waals surface area contributed by atoms with Gasteiger partial charge in [-0.25, -0.2) is 4.98 Å².